The van der Waals surface area contributed by atoms with E-state index in [0.717, 1.165) is 6.07 Å². The fourth-order valence-electron chi connectivity index (χ4n) is 1.89. The molecule has 0 unspecified atom stereocenters. The van der Waals surface area contributed by atoms with E-state index < -0.39 is 11.6 Å². The van der Waals surface area contributed by atoms with Gasteiger partial charge in [-0.1, -0.05) is 11.6 Å². The highest BCUT2D eigenvalue weighted by molar-refractivity contribution is 6.35. The van der Waals surface area contributed by atoms with Crippen LogP contribution in [0.25, 0.3) is 0 Å². The normalized spacial score (nSPS) is 10.3. The Hall–Kier alpha value is -2.27. The molecule has 0 atom stereocenters. The number of methoxy groups -OCH3 is 2. The van der Waals surface area contributed by atoms with Crippen molar-refractivity contribution in [1.29, 1.82) is 0 Å². The molecule has 0 bridgehead atoms. The number of halogens is 2. The van der Waals surface area contributed by atoms with Crippen molar-refractivity contribution < 1.29 is 18.7 Å². The van der Waals surface area contributed by atoms with Crippen LogP contribution >= 0.6 is 11.6 Å². The van der Waals surface area contributed by atoms with Gasteiger partial charge in [0.25, 0.3) is 0 Å². The summed E-state index contributed by atoms with van der Waals surface area (Å²) in [6.45, 7) is 0. The van der Waals surface area contributed by atoms with E-state index in [-0.39, 0.29) is 27.6 Å². The predicted octanol–water partition coefficient (Wildman–Crippen LogP) is 3.31. The summed E-state index contributed by atoms with van der Waals surface area (Å²) < 4.78 is 24.1. The summed E-state index contributed by atoms with van der Waals surface area (Å²) in [7, 11) is 2.79. The number of ketones is 1. The van der Waals surface area contributed by atoms with Gasteiger partial charge in [0, 0.05) is 17.3 Å². The number of carbonyl (C=O) groups is 1. The van der Waals surface area contributed by atoms with Crippen molar-refractivity contribution >= 4 is 23.1 Å². The second-order valence-electron chi connectivity index (χ2n) is 4.26. The van der Waals surface area contributed by atoms with Crippen molar-refractivity contribution in [3.05, 3.63) is 52.3 Å². The van der Waals surface area contributed by atoms with Crippen LogP contribution in [-0.4, -0.2) is 20.0 Å². The SMILES string of the molecule is COc1cc(F)c(C(=O)c2ccc(N)cc2Cl)cc1OC. The van der Waals surface area contributed by atoms with Gasteiger partial charge in [0.2, 0.25) is 0 Å². The molecule has 0 spiro atoms. The van der Waals surface area contributed by atoms with Gasteiger partial charge in [-0.2, -0.15) is 0 Å². The first kappa shape index (κ1) is 15.1. The fourth-order valence-corrected chi connectivity index (χ4v) is 2.16. The molecule has 0 heterocycles. The number of anilines is 1. The topological polar surface area (TPSA) is 61.5 Å². The Bertz CT molecular complexity index is 704. The van der Waals surface area contributed by atoms with E-state index >= 15 is 0 Å². The maximum atomic E-state index is 14.1. The predicted molar refractivity (Wildman–Crippen MR) is 78.8 cm³/mol. The molecule has 0 aliphatic rings. The quantitative estimate of drug-likeness (QED) is 0.695. The number of ether oxygens (including phenoxy) is 2. The van der Waals surface area contributed by atoms with Crippen LogP contribution in [0.5, 0.6) is 11.5 Å². The van der Waals surface area contributed by atoms with Crippen molar-refractivity contribution in [1.82, 2.24) is 0 Å². The van der Waals surface area contributed by atoms with Crippen LogP contribution in [0.2, 0.25) is 5.02 Å². The lowest BCUT2D eigenvalue weighted by Crippen LogP contribution is -2.07. The number of hydrogen-bond donors (Lipinski definition) is 1. The Morgan fingerprint density at radius 3 is 2.29 bits per heavy atom. The van der Waals surface area contributed by atoms with Gasteiger partial charge in [-0.3, -0.25) is 4.79 Å². The van der Waals surface area contributed by atoms with Crippen molar-refractivity contribution in [2.24, 2.45) is 0 Å². The van der Waals surface area contributed by atoms with E-state index in [0.29, 0.717) is 5.69 Å². The molecular weight excluding hydrogens is 297 g/mol. The van der Waals surface area contributed by atoms with Gasteiger partial charge in [0.15, 0.2) is 17.3 Å². The number of hydrogen-bond acceptors (Lipinski definition) is 4. The first-order valence-electron chi connectivity index (χ1n) is 5.99. The second kappa shape index (κ2) is 6.01. The molecule has 0 saturated heterocycles. The molecule has 6 heteroatoms. The molecule has 0 fully saturated rings. The minimum absolute atomic E-state index is 0.153. The zero-order valence-electron chi connectivity index (χ0n) is 11.4. The third kappa shape index (κ3) is 2.92. The number of rotatable bonds is 4. The second-order valence-corrected chi connectivity index (χ2v) is 4.66. The first-order valence-corrected chi connectivity index (χ1v) is 6.37. The molecule has 0 aliphatic carbocycles. The van der Waals surface area contributed by atoms with Gasteiger partial charge in [0.1, 0.15) is 5.82 Å². The summed E-state index contributed by atoms with van der Waals surface area (Å²) in [4.78, 5) is 12.4. The monoisotopic (exact) mass is 309 g/mol. The molecule has 2 N–H and O–H groups in total. The molecule has 2 aromatic rings. The van der Waals surface area contributed by atoms with Gasteiger partial charge in [-0.05, 0) is 24.3 Å². The van der Waals surface area contributed by atoms with Crippen LogP contribution in [0.1, 0.15) is 15.9 Å². The number of nitrogen functional groups attached to an aromatic ring is 1. The maximum Gasteiger partial charge on any atom is 0.197 e. The summed E-state index contributed by atoms with van der Waals surface area (Å²) in [5.41, 5.74) is 6.00. The highest BCUT2D eigenvalue weighted by Crippen LogP contribution is 2.32. The van der Waals surface area contributed by atoms with E-state index in [1.165, 1.54) is 38.5 Å². The summed E-state index contributed by atoms with van der Waals surface area (Å²) >= 11 is 5.98. The highest BCUT2D eigenvalue weighted by atomic mass is 35.5. The lowest BCUT2D eigenvalue weighted by atomic mass is 10.0. The highest BCUT2D eigenvalue weighted by Gasteiger charge is 2.20. The van der Waals surface area contributed by atoms with Crippen LogP contribution in [0, 0.1) is 5.82 Å². The number of carbonyl (C=O) groups excluding carboxylic acids is 1. The molecule has 0 aromatic heterocycles. The smallest absolute Gasteiger partial charge is 0.197 e. The molecule has 0 aliphatic heterocycles. The van der Waals surface area contributed by atoms with Gasteiger partial charge in [0.05, 0.1) is 24.8 Å². The Labute approximate surface area is 126 Å². The summed E-state index contributed by atoms with van der Waals surface area (Å²) in [6.07, 6.45) is 0. The van der Waals surface area contributed by atoms with E-state index in [1.807, 2.05) is 0 Å². The minimum Gasteiger partial charge on any atom is -0.493 e. The largest absolute Gasteiger partial charge is 0.493 e. The van der Waals surface area contributed by atoms with Gasteiger partial charge in [-0.15, -0.1) is 0 Å². The van der Waals surface area contributed by atoms with E-state index in [1.54, 1.807) is 0 Å². The molecule has 21 heavy (non-hydrogen) atoms. The zero-order valence-corrected chi connectivity index (χ0v) is 12.2. The van der Waals surface area contributed by atoms with Crippen LogP contribution in [0.15, 0.2) is 30.3 Å². The zero-order chi connectivity index (χ0) is 15.6. The van der Waals surface area contributed by atoms with Crippen LogP contribution in [0.3, 0.4) is 0 Å². The van der Waals surface area contributed by atoms with Crippen molar-refractivity contribution in [3.8, 4) is 11.5 Å². The van der Waals surface area contributed by atoms with Crippen molar-refractivity contribution in [2.45, 2.75) is 0 Å². The molecule has 110 valence electrons. The molecular formula is C15H13ClFNO3. The van der Waals surface area contributed by atoms with Crippen LogP contribution in [0.4, 0.5) is 10.1 Å². The summed E-state index contributed by atoms with van der Waals surface area (Å²) in [6, 6.07) is 6.79. The summed E-state index contributed by atoms with van der Waals surface area (Å²) in [5.74, 6) is -0.812. The number of benzene rings is 2. The molecule has 0 amide bonds. The van der Waals surface area contributed by atoms with E-state index in [9.17, 15) is 9.18 Å². The Balaban J connectivity index is 2.53. The number of nitrogens with two attached hydrogens (primary N) is 1. The van der Waals surface area contributed by atoms with Crippen LogP contribution < -0.4 is 15.2 Å². The fraction of sp³-hybridized carbons (Fsp3) is 0.133. The summed E-state index contributed by atoms with van der Waals surface area (Å²) in [5, 5.41) is 0.161. The van der Waals surface area contributed by atoms with Gasteiger partial charge >= 0.3 is 0 Å². The molecule has 0 radical (unpaired) electrons. The Morgan fingerprint density at radius 2 is 1.71 bits per heavy atom. The third-order valence-corrected chi connectivity index (χ3v) is 3.27. The average Bonchev–Trinajstić information content (AvgIpc) is 2.46. The maximum absolute atomic E-state index is 14.1. The van der Waals surface area contributed by atoms with Crippen molar-refractivity contribution in [3.63, 3.8) is 0 Å². The van der Waals surface area contributed by atoms with Crippen molar-refractivity contribution in [2.75, 3.05) is 20.0 Å². The van der Waals surface area contributed by atoms with E-state index in [4.69, 9.17) is 26.8 Å². The van der Waals surface area contributed by atoms with Gasteiger partial charge in [-0.25, -0.2) is 4.39 Å². The van der Waals surface area contributed by atoms with Gasteiger partial charge < -0.3 is 15.2 Å². The van der Waals surface area contributed by atoms with E-state index in [2.05, 4.69) is 0 Å². The lowest BCUT2D eigenvalue weighted by molar-refractivity contribution is 0.103. The molecule has 4 nitrogen and oxygen atoms in total. The Kier molecular flexibility index (Phi) is 4.33. The molecule has 2 aromatic carbocycles. The standard InChI is InChI=1S/C15H13ClFNO3/c1-20-13-6-10(12(17)7-14(13)21-2)15(19)9-4-3-8(18)5-11(9)16/h3-7H,18H2,1-2H3. The van der Waals surface area contributed by atoms with Crippen LogP contribution in [-0.2, 0) is 0 Å². The minimum atomic E-state index is -0.717. The third-order valence-electron chi connectivity index (χ3n) is 2.96. The molecule has 2 rings (SSSR count). The molecule has 0 saturated carbocycles. The average molecular weight is 310 g/mol. The first-order chi connectivity index (χ1) is 9.97. The lowest BCUT2D eigenvalue weighted by Gasteiger charge is -2.11. The Morgan fingerprint density at radius 1 is 1.10 bits per heavy atom.